The van der Waals surface area contributed by atoms with Gasteiger partial charge in [-0.05, 0) is 0 Å². The maximum absolute atomic E-state index is 2.19. The SMILES string of the molecule is Cl.Cl.Cl.[CH3][GaH2].[CH3][GaH2]. The summed E-state index contributed by atoms with van der Waals surface area (Å²) in [6.45, 7) is 0. The summed E-state index contributed by atoms with van der Waals surface area (Å²) in [4.78, 5) is 0. The monoisotopic (exact) mass is 280 g/mol. The van der Waals surface area contributed by atoms with Gasteiger partial charge in [-0.1, -0.05) is 0 Å². The van der Waals surface area contributed by atoms with E-state index in [1.807, 2.05) is 0 Å². The second-order valence-corrected chi connectivity index (χ2v) is 0. The topological polar surface area (TPSA) is 0 Å². The third-order valence-electron chi connectivity index (χ3n) is 0. The normalized spacial score (nSPS) is 1.43. The second-order valence-electron chi connectivity index (χ2n) is 0. The molecule has 0 spiro atoms. The molecule has 0 saturated carbocycles. The first-order chi connectivity index (χ1) is 2.00. The van der Waals surface area contributed by atoms with Crippen LogP contribution in [0.5, 0.6) is 0 Å². The summed E-state index contributed by atoms with van der Waals surface area (Å²) in [5.74, 6) is 0. The van der Waals surface area contributed by atoms with Gasteiger partial charge in [0, 0.05) is 0 Å². The van der Waals surface area contributed by atoms with Crippen LogP contribution in [-0.2, 0) is 0 Å². The quantitative estimate of drug-likeness (QED) is 0.571. The Bertz CT molecular complexity index is 10.9. The number of hydrogen-bond donors (Lipinski definition) is 0. The molecule has 0 aliphatic carbocycles. The molecule has 5 heteroatoms. The summed E-state index contributed by atoms with van der Waals surface area (Å²) in [5.41, 5.74) is 4.38. The summed E-state index contributed by atoms with van der Waals surface area (Å²) in [6.07, 6.45) is 0. The van der Waals surface area contributed by atoms with E-state index in [9.17, 15) is 0 Å². The van der Waals surface area contributed by atoms with Gasteiger partial charge in [-0.25, -0.2) is 0 Å². The maximum atomic E-state index is 2.19. The number of hydrogen-bond acceptors (Lipinski definition) is 0. The molecule has 0 bridgehead atoms. The fourth-order valence-electron chi connectivity index (χ4n) is 0. The Balaban J connectivity index is -0.00000000267. The minimum absolute atomic E-state index is 0. The Morgan fingerprint density at radius 2 is 0.571 bits per heavy atom. The van der Waals surface area contributed by atoms with Crippen molar-refractivity contribution < 1.29 is 0 Å². The van der Waals surface area contributed by atoms with Crippen LogP contribution in [0.25, 0.3) is 0 Å². The molecule has 0 N–H and O–H groups in total. The standard InChI is InChI=1S/2CH3.3ClH.2Ga.4H/h2*1H3;3*1H;;;;;;. The van der Waals surface area contributed by atoms with Gasteiger partial charge in [-0.2, -0.15) is 0 Å². The summed E-state index contributed by atoms with van der Waals surface area (Å²) in [5, 5.41) is 0. The molecule has 0 radical (unpaired) electrons. The first-order valence-electron chi connectivity index (χ1n) is 2.00. The Labute approximate surface area is 84.6 Å². The Kier molecular flexibility index (Phi) is 457. The fraction of sp³-hybridized carbons (Fsp3) is 1.00. The van der Waals surface area contributed by atoms with E-state index in [0.717, 1.165) is 37.2 Å². The molecule has 0 heterocycles. The van der Waals surface area contributed by atoms with Gasteiger partial charge >= 0.3 is 48.2 Å². The average molecular weight is 283 g/mol. The van der Waals surface area contributed by atoms with E-state index in [1.165, 1.54) is 0 Å². The number of rotatable bonds is 0. The zero-order chi connectivity index (χ0) is 4.00. The van der Waals surface area contributed by atoms with Crippen molar-refractivity contribution in [2.75, 3.05) is 0 Å². The minimum atomic E-state index is 0. The van der Waals surface area contributed by atoms with Gasteiger partial charge in [-0.15, -0.1) is 37.2 Å². The average Bonchev–Trinajstić information content (AvgIpc) is 1.50. The van der Waals surface area contributed by atoms with Crippen molar-refractivity contribution >= 4 is 74.4 Å². The van der Waals surface area contributed by atoms with Crippen molar-refractivity contribution in [3.63, 3.8) is 0 Å². The van der Waals surface area contributed by atoms with Gasteiger partial charge in [-0.3, -0.25) is 0 Å². The van der Waals surface area contributed by atoms with Crippen LogP contribution in [0.15, 0.2) is 0 Å². The number of halogens is 3. The van der Waals surface area contributed by atoms with E-state index in [4.69, 9.17) is 0 Å². The van der Waals surface area contributed by atoms with Crippen LogP contribution in [-0.4, -0.2) is 37.2 Å². The molecule has 0 rings (SSSR count). The predicted molar refractivity (Wildman–Crippen MR) is 50.6 cm³/mol. The first kappa shape index (κ1) is 35.3. The molecule has 0 aromatic heterocycles. The summed E-state index contributed by atoms with van der Waals surface area (Å²) >= 11 is 2.12. The zero-order valence-electron chi connectivity index (χ0n) is 5.22. The Morgan fingerprint density at radius 1 is 0.571 bits per heavy atom. The van der Waals surface area contributed by atoms with E-state index in [1.54, 1.807) is 0 Å². The van der Waals surface area contributed by atoms with Crippen LogP contribution < -0.4 is 0 Å². The van der Waals surface area contributed by atoms with Crippen LogP contribution >= 0.6 is 37.2 Å². The van der Waals surface area contributed by atoms with E-state index in [-0.39, 0.29) is 37.2 Å². The van der Waals surface area contributed by atoms with Crippen molar-refractivity contribution in [1.82, 2.24) is 0 Å². The molecule has 7 heavy (non-hydrogen) atoms. The van der Waals surface area contributed by atoms with Crippen LogP contribution in [0, 0.1) is 0 Å². The molecule has 0 aliphatic heterocycles. The van der Waals surface area contributed by atoms with Crippen molar-refractivity contribution in [3.8, 4) is 0 Å². The van der Waals surface area contributed by atoms with Gasteiger partial charge in [0.25, 0.3) is 0 Å². The third kappa shape index (κ3) is 66.9. The van der Waals surface area contributed by atoms with Crippen molar-refractivity contribution in [2.24, 2.45) is 0 Å². The molecule has 0 aromatic rings. The molecule has 0 saturated heterocycles. The van der Waals surface area contributed by atoms with Crippen LogP contribution in [0.1, 0.15) is 0 Å². The molecule has 0 aliphatic rings. The second kappa shape index (κ2) is 90.5. The molecule has 0 unspecified atom stereocenters. The van der Waals surface area contributed by atoms with Crippen LogP contribution in [0.3, 0.4) is 0 Å². The van der Waals surface area contributed by atoms with Crippen LogP contribution in [0.4, 0.5) is 0 Å². The first-order valence-corrected chi connectivity index (χ1v) is 10.4. The fourth-order valence-corrected chi connectivity index (χ4v) is 0. The molecule has 0 fully saturated rings. The van der Waals surface area contributed by atoms with Gasteiger partial charge in [0.15, 0.2) is 0 Å². The summed E-state index contributed by atoms with van der Waals surface area (Å²) < 4.78 is 0. The van der Waals surface area contributed by atoms with Crippen LogP contribution in [0.2, 0.25) is 11.0 Å². The van der Waals surface area contributed by atoms with E-state index >= 15 is 0 Å². The van der Waals surface area contributed by atoms with E-state index < -0.39 is 0 Å². The molecule has 0 aromatic carbocycles. The van der Waals surface area contributed by atoms with Gasteiger partial charge in [0.05, 0.1) is 0 Å². The molecular weight excluding hydrogens is 270 g/mol. The van der Waals surface area contributed by atoms with Gasteiger partial charge in [0.2, 0.25) is 0 Å². The molecule has 0 atom stereocenters. The predicted octanol–water partition coefficient (Wildman–Crippen LogP) is 0.601. The van der Waals surface area contributed by atoms with Crippen molar-refractivity contribution in [2.45, 2.75) is 11.0 Å². The van der Waals surface area contributed by atoms with E-state index in [2.05, 4.69) is 11.0 Å². The van der Waals surface area contributed by atoms with E-state index in [0.29, 0.717) is 0 Å². The third-order valence-corrected chi connectivity index (χ3v) is 0. The van der Waals surface area contributed by atoms with Gasteiger partial charge < -0.3 is 0 Å². The van der Waals surface area contributed by atoms with Crippen molar-refractivity contribution in [3.05, 3.63) is 0 Å². The zero-order valence-corrected chi connectivity index (χ0v) is 16.1. The summed E-state index contributed by atoms with van der Waals surface area (Å²) in [6, 6.07) is 0. The summed E-state index contributed by atoms with van der Waals surface area (Å²) in [7, 11) is 0. The van der Waals surface area contributed by atoms with Gasteiger partial charge in [0.1, 0.15) is 0 Å². The Hall–Kier alpha value is 2.14. The molecule has 0 amide bonds. The molecule has 48 valence electrons. The molecule has 0 nitrogen and oxygen atoms in total. The van der Waals surface area contributed by atoms with Crippen molar-refractivity contribution in [1.29, 1.82) is 0 Å². The Morgan fingerprint density at radius 3 is 0.571 bits per heavy atom. The molecular formula is C2H13Cl3Ga2.